The van der Waals surface area contributed by atoms with Crippen LogP contribution < -0.4 is 5.32 Å². The van der Waals surface area contributed by atoms with E-state index in [2.05, 4.69) is 5.32 Å². The van der Waals surface area contributed by atoms with Crippen LogP contribution in [0.4, 0.5) is 32.0 Å². The Morgan fingerprint density at radius 3 is 1.81 bits per heavy atom. The van der Waals surface area contributed by atoms with Crippen LogP contribution in [0.3, 0.4) is 0 Å². The third kappa shape index (κ3) is 4.87. The maximum atomic E-state index is 12.8. The molecule has 2 N–H and O–H groups in total. The Hall–Kier alpha value is -1.93. The average molecular weight is 412 g/mol. The second-order valence-electron chi connectivity index (χ2n) is 5.94. The average Bonchev–Trinajstić information content (AvgIpc) is 2.58. The van der Waals surface area contributed by atoms with Crippen LogP contribution in [0.15, 0.2) is 48.5 Å². The molecule has 0 radical (unpaired) electrons. The highest BCUT2D eigenvalue weighted by molar-refractivity contribution is 6.30. The first kappa shape index (κ1) is 21.4. The summed E-state index contributed by atoms with van der Waals surface area (Å²) < 4.78 is 77.0. The lowest BCUT2D eigenvalue weighted by atomic mass is 9.92. The number of alkyl halides is 6. The molecule has 2 rings (SSSR count). The van der Waals surface area contributed by atoms with Crippen LogP contribution in [-0.2, 0) is 12.0 Å². The molecule has 2 aromatic carbocycles. The zero-order chi connectivity index (χ0) is 20.3. The van der Waals surface area contributed by atoms with Crippen LogP contribution in [0.2, 0.25) is 5.02 Å². The van der Waals surface area contributed by atoms with Gasteiger partial charge in [0, 0.05) is 22.8 Å². The van der Waals surface area contributed by atoms with Crippen LogP contribution in [0.5, 0.6) is 0 Å². The molecule has 0 amide bonds. The van der Waals surface area contributed by atoms with Crippen molar-refractivity contribution in [3.8, 4) is 0 Å². The Bertz CT molecular complexity index is 726. The number of nitrogens with one attached hydrogen (secondary N) is 1. The largest absolute Gasteiger partial charge is 0.430 e. The van der Waals surface area contributed by atoms with E-state index in [1.807, 2.05) is 12.1 Å². The topological polar surface area (TPSA) is 32.3 Å². The minimum atomic E-state index is -5.89. The van der Waals surface area contributed by atoms with Gasteiger partial charge in [0.1, 0.15) is 0 Å². The normalized spacial score (nSPS) is 12.9. The van der Waals surface area contributed by atoms with Gasteiger partial charge in [-0.15, -0.1) is 0 Å². The van der Waals surface area contributed by atoms with E-state index in [1.54, 1.807) is 12.1 Å². The van der Waals surface area contributed by atoms with Gasteiger partial charge in [0.05, 0.1) is 0 Å². The standard InChI is InChI=1S/C18H16ClF6NO/c19-14-7-3-12(4-8-14)2-1-11-26-15-9-5-13(6-10-15)16(27,17(20,21)22)18(23,24)25/h3-10,26-27H,1-2,11H2. The highest BCUT2D eigenvalue weighted by atomic mass is 35.5. The van der Waals surface area contributed by atoms with Gasteiger partial charge in [0.25, 0.3) is 5.60 Å². The number of aryl methyl sites for hydroxylation is 1. The van der Waals surface area contributed by atoms with Gasteiger partial charge in [-0.25, -0.2) is 0 Å². The first-order valence-corrected chi connectivity index (χ1v) is 8.27. The van der Waals surface area contributed by atoms with Crippen molar-refractivity contribution in [3.05, 3.63) is 64.7 Å². The molecule has 0 atom stereocenters. The zero-order valence-corrected chi connectivity index (χ0v) is 14.6. The van der Waals surface area contributed by atoms with Crippen molar-refractivity contribution in [2.45, 2.75) is 30.8 Å². The lowest BCUT2D eigenvalue weighted by molar-refractivity contribution is -0.376. The fraction of sp³-hybridized carbons (Fsp3) is 0.333. The molecule has 0 unspecified atom stereocenters. The molecule has 2 nitrogen and oxygen atoms in total. The van der Waals surface area contributed by atoms with E-state index in [1.165, 1.54) is 0 Å². The van der Waals surface area contributed by atoms with Gasteiger partial charge in [-0.2, -0.15) is 26.3 Å². The van der Waals surface area contributed by atoms with Crippen molar-refractivity contribution in [1.29, 1.82) is 0 Å². The number of hydrogen-bond donors (Lipinski definition) is 2. The van der Waals surface area contributed by atoms with Crippen molar-refractivity contribution >= 4 is 17.3 Å². The second kappa shape index (κ2) is 7.98. The van der Waals surface area contributed by atoms with Gasteiger partial charge < -0.3 is 10.4 Å². The van der Waals surface area contributed by atoms with Crippen molar-refractivity contribution in [3.63, 3.8) is 0 Å². The van der Waals surface area contributed by atoms with Gasteiger partial charge in [0.15, 0.2) is 0 Å². The fourth-order valence-electron chi connectivity index (χ4n) is 2.49. The van der Waals surface area contributed by atoms with E-state index in [0.29, 0.717) is 35.8 Å². The van der Waals surface area contributed by atoms with E-state index in [9.17, 15) is 31.4 Å². The summed E-state index contributed by atoms with van der Waals surface area (Å²) >= 11 is 5.78. The number of benzene rings is 2. The molecule has 9 heteroatoms. The van der Waals surface area contributed by atoms with Gasteiger partial charge in [-0.05, 0) is 42.7 Å². The Labute approximate surface area is 156 Å². The Kier molecular flexibility index (Phi) is 6.32. The summed E-state index contributed by atoms with van der Waals surface area (Å²) in [6.07, 6.45) is -10.4. The molecule has 0 spiro atoms. The predicted octanol–water partition coefficient (Wildman–Crippen LogP) is 5.70. The van der Waals surface area contributed by atoms with Crippen LogP contribution >= 0.6 is 11.6 Å². The number of aliphatic hydroxyl groups is 1. The highest BCUT2D eigenvalue weighted by Crippen LogP contribution is 2.50. The van der Waals surface area contributed by atoms with E-state index in [-0.39, 0.29) is 0 Å². The van der Waals surface area contributed by atoms with Gasteiger partial charge in [-0.3, -0.25) is 0 Å². The first-order valence-electron chi connectivity index (χ1n) is 7.90. The SMILES string of the molecule is OC(c1ccc(NCCCc2ccc(Cl)cc2)cc1)(C(F)(F)F)C(F)(F)F. The lowest BCUT2D eigenvalue weighted by Crippen LogP contribution is -2.53. The molecule has 0 saturated carbocycles. The smallest absolute Gasteiger partial charge is 0.385 e. The minimum Gasteiger partial charge on any atom is -0.385 e. The predicted molar refractivity (Wildman–Crippen MR) is 90.7 cm³/mol. The van der Waals surface area contributed by atoms with Crippen molar-refractivity contribution in [2.75, 3.05) is 11.9 Å². The molecule has 0 bridgehead atoms. The first-order chi connectivity index (χ1) is 12.4. The summed E-state index contributed by atoms with van der Waals surface area (Å²) in [6.45, 7) is 0.463. The summed E-state index contributed by atoms with van der Waals surface area (Å²) in [5.74, 6) is 0. The molecule has 0 heterocycles. The number of anilines is 1. The van der Waals surface area contributed by atoms with Crippen molar-refractivity contribution in [2.24, 2.45) is 0 Å². The molecule has 0 aliphatic heterocycles. The summed E-state index contributed by atoms with van der Waals surface area (Å²) in [6, 6.07) is 10.6. The Balaban J connectivity index is 1.99. The molecule has 0 aromatic heterocycles. The van der Waals surface area contributed by atoms with E-state index >= 15 is 0 Å². The highest BCUT2D eigenvalue weighted by Gasteiger charge is 2.71. The van der Waals surface area contributed by atoms with E-state index in [4.69, 9.17) is 11.6 Å². The summed E-state index contributed by atoms with van der Waals surface area (Å²) in [5.41, 5.74) is -4.79. The van der Waals surface area contributed by atoms with Gasteiger partial charge >= 0.3 is 12.4 Å². The van der Waals surface area contributed by atoms with E-state index < -0.39 is 23.5 Å². The van der Waals surface area contributed by atoms with Crippen LogP contribution in [0.1, 0.15) is 17.5 Å². The monoisotopic (exact) mass is 411 g/mol. The summed E-state index contributed by atoms with van der Waals surface area (Å²) in [4.78, 5) is 0. The van der Waals surface area contributed by atoms with Crippen LogP contribution in [0, 0.1) is 0 Å². The molecule has 0 aliphatic rings. The number of rotatable bonds is 6. The molecular weight excluding hydrogens is 396 g/mol. The Morgan fingerprint density at radius 1 is 0.815 bits per heavy atom. The van der Waals surface area contributed by atoms with E-state index in [0.717, 1.165) is 24.1 Å². The second-order valence-corrected chi connectivity index (χ2v) is 6.38. The lowest BCUT2D eigenvalue weighted by Gasteiger charge is -2.32. The molecule has 0 saturated heterocycles. The zero-order valence-electron chi connectivity index (χ0n) is 13.8. The quantitative estimate of drug-likeness (QED) is 0.472. The maximum absolute atomic E-state index is 12.8. The number of halogens is 7. The fourth-order valence-corrected chi connectivity index (χ4v) is 2.62. The Morgan fingerprint density at radius 2 is 1.33 bits per heavy atom. The molecular formula is C18H16ClF6NO. The van der Waals surface area contributed by atoms with Crippen LogP contribution in [0.25, 0.3) is 0 Å². The van der Waals surface area contributed by atoms with Crippen molar-refractivity contribution < 1.29 is 31.4 Å². The van der Waals surface area contributed by atoms with Crippen molar-refractivity contribution in [1.82, 2.24) is 0 Å². The minimum absolute atomic E-state index is 0.349. The van der Waals surface area contributed by atoms with Gasteiger partial charge in [-0.1, -0.05) is 35.9 Å². The third-order valence-corrected chi connectivity index (χ3v) is 4.26. The maximum Gasteiger partial charge on any atom is 0.430 e. The molecule has 27 heavy (non-hydrogen) atoms. The molecule has 0 aliphatic carbocycles. The summed E-state index contributed by atoms with van der Waals surface area (Å²) in [5, 5.41) is 12.9. The number of hydrogen-bond acceptors (Lipinski definition) is 2. The van der Waals surface area contributed by atoms with Crippen LogP contribution in [-0.4, -0.2) is 24.0 Å². The molecule has 0 fully saturated rings. The summed E-state index contributed by atoms with van der Waals surface area (Å²) in [7, 11) is 0. The molecule has 2 aromatic rings. The molecule has 148 valence electrons. The van der Waals surface area contributed by atoms with Gasteiger partial charge in [0.2, 0.25) is 0 Å². The third-order valence-electron chi connectivity index (χ3n) is 4.01.